The Balaban J connectivity index is 1.84. The number of para-hydroxylation sites is 1. The SMILES string of the molecule is C=CCN(C(=O)Cn1c(=O)n(-c2ccc(F)cc2)c(=O)c2sccc21)c1ccccc1. The first-order valence-corrected chi connectivity index (χ1v) is 10.3. The number of carbonyl (C=O) groups excluding carboxylic acids is 1. The number of aromatic nitrogens is 2. The molecule has 0 radical (unpaired) electrons. The fourth-order valence-electron chi connectivity index (χ4n) is 3.37. The molecule has 0 spiro atoms. The van der Waals surface area contributed by atoms with Crippen molar-refractivity contribution >= 4 is 33.1 Å². The Hall–Kier alpha value is -3.78. The number of amides is 1. The molecule has 2 aromatic carbocycles. The molecule has 0 aliphatic carbocycles. The Morgan fingerprint density at radius 3 is 2.45 bits per heavy atom. The lowest BCUT2D eigenvalue weighted by Gasteiger charge is -2.22. The van der Waals surface area contributed by atoms with E-state index in [0.29, 0.717) is 15.9 Å². The van der Waals surface area contributed by atoms with Crippen LogP contribution in [0.5, 0.6) is 0 Å². The van der Waals surface area contributed by atoms with E-state index in [1.54, 1.807) is 29.7 Å². The maximum Gasteiger partial charge on any atom is 0.336 e. The summed E-state index contributed by atoms with van der Waals surface area (Å²) < 4.78 is 15.9. The van der Waals surface area contributed by atoms with Crippen LogP contribution in [0.2, 0.25) is 0 Å². The van der Waals surface area contributed by atoms with Crippen LogP contribution in [0, 0.1) is 5.82 Å². The Morgan fingerprint density at radius 2 is 1.77 bits per heavy atom. The lowest BCUT2D eigenvalue weighted by atomic mass is 10.2. The number of benzene rings is 2. The molecule has 4 aromatic rings. The van der Waals surface area contributed by atoms with Crippen LogP contribution in [-0.4, -0.2) is 21.6 Å². The third-order valence-electron chi connectivity index (χ3n) is 4.81. The van der Waals surface area contributed by atoms with Crippen molar-refractivity contribution in [3.05, 3.63) is 105 Å². The molecule has 31 heavy (non-hydrogen) atoms. The minimum Gasteiger partial charge on any atom is -0.307 e. The molecule has 6 nitrogen and oxygen atoms in total. The molecule has 2 aromatic heterocycles. The zero-order valence-electron chi connectivity index (χ0n) is 16.4. The van der Waals surface area contributed by atoms with E-state index in [4.69, 9.17) is 0 Å². The summed E-state index contributed by atoms with van der Waals surface area (Å²) in [5.74, 6) is -0.808. The summed E-state index contributed by atoms with van der Waals surface area (Å²) in [5, 5.41) is 1.69. The smallest absolute Gasteiger partial charge is 0.307 e. The molecule has 0 aliphatic heterocycles. The van der Waals surface area contributed by atoms with Gasteiger partial charge in [-0.25, -0.2) is 13.8 Å². The van der Waals surface area contributed by atoms with Crippen molar-refractivity contribution in [1.82, 2.24) is 9.13 Å². The van der Waals surface area contributed by atoms with Crippen LogP contribution in [0.1, 0.15) is 0 Å². The number of hydrogen-bond acceptors (Lipinski definition) is 4. The first-order chi connectivity index (χ1) is 15.0. The van der Waals surface area contributed by atoms with E-state index in [1.165, 1.54) is 45.1 Å². The zero-order chi connectivity index (χ0) is 22.0. The van der Waals surface area contributed by atoms with Gasteiger partial charge in [-0.1, -0.05) is 24.3 Å². The second kappa shape index (κ2) is 8.53. The van der Waals surface area contributed by atoms with Gasteiger partial charge in [-0.2, -0.15) is 0 Å². The Labute approximate surface area is 180 Å². The number of halogens is 1. The highest BCUT2D eigenvalue weighted by atomic mass is 32.1. The van der Waals surface area contributed by atoms with Gasteiger partial charge < -0.3 is 4.90 Å². The lowest BCUT2D eigenvalue weighted by molar-refractivity contribution is -0.119. The molecule has 0 unspecified atom stereocenters. The molecular formula is C23H18FN3O3S. The average Bonchev–Trinajstić information content (AvgIpc) is 3.27. The summed E-state index contributed by atoms with van der Waals surface area (Å²) in [6, 6.07) is 15.8. The number of fused-ring (bicyclic) bond motifs is 1. The van der Waals surface area contributed by atoms with Gasteiger partial charge in [0.2, 0.25) is 5.91 Å². The Bertz CT molecular complexity index is 1370. The Morgan fingerprint density at radius 1 is 1.06 bits per heavy atom. The summed E-state index contributed by atoms with van der Waals surface area (Å²) in [7, 11) is 0. The molecule has 0 N–H and O–H groups in total. The minimum atomic E-state index is -0.664. The van der Waals surface area contributed by atoms with E-state index in [1.807, 2.05) is 18.2 Å². The highest BCUT2D eigenvalue weighted by molar-refractivity contribution is 7.17. The molecule has 0 atom stereocenters. The third-order valence-corrected chi connectivity index (χ3v) is 5.71. The highest BCUT2D eigenvalue weighted by Crippen LogP contribution is 2.18. The maximum atomic E-state index is 13.4. The summed E-state index contributed by atoms with van der Waals surface area (Å²) in [5.41, 5.74) is 0.130. The van der Waals surface area contributed by atoms with Gasteiger partial charge in [-0.3, -0.25) is 14.2 Å². The van der Waals surface area contributed by atoms with Gasteiger partial charge in [-0.05, 0) is 47.8 Å². The van der Waals surface area contributed by atoms with E-state index in [-0.39, 0.29) is 24.7 Å². The van der Waals surface area contributed by atoms with Crippen molar-refractivity contribution in [3.8, 4) is 5.69 Å². The number of nitrogens with zero attached hydrogens (tertiary/aromatic N) is 3. The highest BCUT2D eigenvalue weighted by Gasteiger charge is 2.21. The van der Waals surface area contributed by atoms with E-state index in [9.17, 15) is 18.8 Å². The molecule has 0 fully saturated rings. The molecule has 2 heterocycles. The topological polar surface area (TPSA) is 64.3 Å². The molecule has 0 aliphatic rings. The number of carbonyl (C=O) groups is 1. The van der Waals surface area contributed by atoms with Gasteiger partial charge >= 0.3 is 5.69 Å². The summed E-state index contributed by atoms with van der Waals surface area (Å²) >= 11 is 1.18. The van der Waals surface area contributed by atoms with Gasteiger partial charge in [0.25, 0.3) is 5.56 Å². The largest absolute Gasteiger partial charge is 0.336 e. The van der Waals surface area contributed by atoms with Crippen molar-refractivity contribution in [2.75, 3.05) is 11.4 Å². The molecule has 0 saturated heterocycles. The predicted octanol–water partition coefficient (Wildman–Crippen LogP) is 3.57. The fourth-order valence-corrected chi connectivity index (χ4v) is 4.19. The fraction of sp³-hybridized carbons (Fsp3) is 0.0870. The monoisotopic (exact) mass is 435 g/mol. The van der Waals surface area contributed by atoms with Crippen LogP contribution in [-0.2, 0) is 11.3 Å². The van der Waals surface area contributed by atoms with E-state index < -0.39 is 17.1 Å². The van der Waals surface area contributed by atoms with E-state index >= 15 is 0 Å². The van der Waals surface area contributed by atoms with Crippen LogP contribution in [0.4, 0.5) is 10.1 Å². The Kier molecular flexibility index (Phi) is 5.64. The van der Waals surface area contributed by atoms with Crippen molar-refractivity contribution in [2.45, 2.75) is 6.54 Å². The first-order valence-electron chi connectivity index (χ1n) is 9.46. The van der Waals surface area contributed by atoms with Crippen molar-refractivity contribution in [1.29, 1.82) is 0 Å². The first kappa shape index (κ1) is 20.5. The zero-order valence-corrected chi connectivity index (χ0v) is 17.2. The number of thiophene rings is 1. The van der Waals surface area contributed by atoms with Crippen LogP contribution in [0.15, 0.2) is 88.3 Å². The lowest BCUT2D eigenvalue weighted by Crippen LogP contribution is -2.42. The number of anilines is 1. The molecular weight excluding hydrogens is 417 g/mol. The molecule has 4 rings (SSSR count). The van der Waals surface area contributed by atoms with E-state index in [0.717, 1.165) is 4.57 Å². The molecule has 0 bridgehead atoms. The molecule has 156 valence electrons. The maximum absolute atomic E-state index is 13.4. The van der Waals surface area contributed by atoms with Crippen LogP contribution < -0.4 is 16.1 Å². The predicted molar refractivity (Wildman–Crippen MR) is 121 cm³/mol. The standard InChI is InChI=1S/C23H18FN3O3S/c1-2-13-25(17-6-4-3-5-7-17)20(28)15-26-19-12-14-31-21(19)22(29)27(23(26)30)18-10-8-16(24)9-11-18/h2-12,14H,1,13,15H2. The van der Waals surface area contributed by atoms with Crippen LogP contribution in [0.3, 0.4) is 0 Å². The normalized spacial score (nSPS) is 10.9. The summed E-state index contributed by atoms with van der Waals surface area (Å²) in [6.45, 7) is 3.71. The average molecular weight is 435 g/mol. The van der Waals surface area contributed by atoms with Gasteiger partial charge in [0.05, 0.1) is 11.2 Å². The molecule has 8 heteroatoms. The third kappa shape index (κ3) is 3.85. The van der Waals surface area contributed by atoms with E-state index in [2.05, 4.69) is 6.58 Å². The van der Waals surface area contributed by atoms with Crippen LogP contribution >= 0.6 is 11.3 Å². The van der Waals surface area contributed by atoms with Crippen molar-refractivity contribution in [2.24, 2.45) is 0 Å². The minimum absolute atomic E-state index is 0.235. The summed E-state index contributed by atoms with van der Waals surface area (Å²) in [4.78, 5) is 40.9. The van der Waals surface area contributed by atoms with Crippen molar-refractivity contribution in [3.63, 3.8) is 0 Å². The van der Waals surface area contributed by atoms with Gasteiger partial charge in [0, 0.05) is 12.2 Å². The van der Waals surface area contributed by atoms with Crippen LogP contribution in [0.25, 0.3) is 15.9 Å². The quantitative estimate of drug-likeness (QED) is 0.435. The summed E-state index contributed by atoms with van der Waals surface area (Å²) in [6.07, 6.45) is 1.60. The number of hydrogen-bond donors (Lipinski definition) is 0. The second-order valence-corrected chi connectivity index (χ2v) is 7.67. The van der Waals surface area contributed by atoms with Gasteiger partial charge in [-0.15, -0.1) is 17.9 Å². The number of rotatable bonds is 6. The second-order valence-electron chi connectivity index (χ2n) is 6.75. The van der Waals surface area contributed by atoms with Gasteiger partial charge in [0.15, 0.2) is 0 Å². The van der Waals surface area contributed by atoms with Crippen molar-refractivity contribution < 1.29 is 9.18 Å². The molecule has 1 amide bonds. The molecule has 0 saturated carbocycles. The van der Waals surface area contributed by atoms with Gasteiger partial charge in [0.1, 0.15) is 17.1 Å².